The fraction of sp³-hybridized carbons (Fsp3) is 0.727. The standard InChI is InChI=1S/C22H38N2O.2ClH/c1-19(2)13-14-21(22(25)20-11-6-5-7-12-20)23-15-10-18-24-16-8-3-4-9-17-24;;/h5-7,11-12,19,21-23,25H,3-4,8-10,13-18H2,1-2H3;2*1H/t21-,22+;;/m0../s1. The Labute approximate surface area is 179 Å². The molecule has 5 heteroatoms. The van der Waals surface area contributed by atoms with Gasteiger partial charge < -0.3 is 15.3 Å². The smallest absolute Gasteiger partial charge is 0.0942 e. The van der Waals surface area contributed by atoms with Crippen LogP contribution in [0.1, 0.15) is 70.5 Å². The summed E-state index contributed by atoms with van der Waals surface area (Å²) < 4.78 is 0. The summed E-state index contributed by atoms with van der Waals surface area (Å²) in [6.45, 7) is 9.22. The lowest BCUT2D eigenvalue weighted by Crippen LogP contribution is -2.37. The van der Waals surface area contributed by atoms with Gasteiger partial charge in [0.2, 0.25) is 0 Å². The molecule has 27 heavy (non-hydrogen) atoms. The maximum Gasteiger partial charge on any atom is 0.0942 e. The highest BCUT2D eigenvalue weighted by Gasteiger charge is 2.20. The quantitative estimate of drug-likeness (QED) is 0.510. The molecule has 1 aliphatic heterocycles. The monoisotopic (exact) mass is 418 g/mol. The molecule has 0 amide bonds. The summed E-state index contributed by atoms with van der Waals surface area (Å²) in [7, 11) is 0. The van der Waals surface area contributed by atoms with E-state index in [1.807, 2.05) is 30.3 Å². The molecule has 1 fully saturated rings. The van der Waals surface area contributed by atoms with Crippen molar-refractivity contribution < 1.29 is 5.11 Å². The molecule has 1 aromatic rings. The van der Waals surface area contributed by atoms with Crippen molar-refractivity contribution in [3.8, 4) is 0 Å². The van der Waals surface area contributed by atoms with Crippen molar-refractivity contribution in [2.45, 2.75) is 70.9 Å². The number of aliphatic hydroxyl groups excluding tert-OH is 1. The zero-order chi connectivity index (χ0) is 17.9. The van der Waals surface area contributed by atoms with E-state index in [1.165, 1.54) is 51.7 Å². The van der Waals surface area contributed by atoms with Gasteiger partial charge in [0.25, 0.3) is 0 Å². The molecule has 0 aromatic heterocycles. The minimum absolute atomic E-state index is 0. The van der Waals surface area contributed by atoms with Crippen molar-refractivity contribution in [1.82, 2.24) is 10.2 Å². The Hall–Kier alpha value is -0.320. The zero-order valence-corrected chi connectivity index (χ0v) is 18.7. The molecule has 0 spiro atoms. The lowest BCUT2D eigenvalue weighted by atomic mass is 9.95. The van der Waals surface area contributed by atoms with Gasteiger partial charge in [-0.15, -0.1) is 24.8 Å². The number of halogens is 2. The van der Waals surface area contributed by atoms with Crippen LogP contribution in [0.3, 0.4) is 0 Å². The summed E-state index contributed by atoms with van der Waals surface area (Å²) in [6, 6.07) is 10.2. The van der Waals surface area contributed by atoms with Gasteiger partial charge in [0, 0.05) is 6.04 Å². The second kappa shape index (κ2) is 15.6. The Kier molecular flexibility index (Phi) is 15.4. The van der Waals surface area contributed by atoms with E-state index in [0.29, 0.717) is 5.92 Å². The van der Waals surface area contributed by atoms with Gasteiger partial charge in [-0.1, -0.05) is 57.0 Å². The Balaban J connectivity index is 0.00000338. The number of hydrogen-bond acceptors (Lipinski definition) is 3. The fourth-order valence-corrected chi connectivity index (χ4v) is 3.72. The maximum atomic E-state index is 10.8. The minimum atomic E-state index is -0.418. The molecular formula is C22H40Cl2N2O. The largest absolute Gasteiger partial charge is 0.387 e. The van der Waals surface area contributed by atoms with E-state index < -0.39 is 6.10 Å². The molecule has 1 heterocycles. The van der Waals surface area contributed by atoms with Crippen molar-refractivity contribution >= 4 is 24.8 Å². The number of rotatable bonds is 10. The number of benzene rings is 1. The molecule has 1 aromatic carbocycles. The van der Waals surface area contributed by atoms with Gasteiger partial charge in [-0.25, -0.2) is 0 Å². The van der Waals surface area contributed by atoms with Crippen LogP contribution in [0.2, 0.25) is 0 Å². The molecular weight excluding hydrogens is 379 g/mol. The first-order valence-corrected chi connectivity index (χ1v) is 10.4. The van der Waals surface area contributed by atoms with Crippen LogP contribution in [0, 0.1) is 5.92 Å². The predicted octanol–water partition coefficient (Wildman–Crippen LogP) is 5.22. The van der Waals surface area contributed by atoms with Crippen molar-refractivity contribution in [3.05, 3.63) is 35.9 Å². The van der Waals surface area contributed by atoms with Crippen molar-refractivity contribution in [2.75, 3.05) is 26.2 Å². The number of aliphatic hydroxyl groups is 1. The average Bonchev–Trinajstić information content (AvgIpc) is 2.90. The molecule has 2 atom stereocenters. The number of nitrogens with one attached hydrogen (secondary N) is 1. The third kappa shape index (κ3) is 10.7. The normalized spacial score (nSPS) is 17.5. The maximum absolute atomic E-state index is 10.8. The van der Waals surface area contributed by atoms with Gasteiger partial charge in [0.1, 0.15) is 0 Å². The summed E-state index contributed by atoms with van der Waals surface area (Å²) in [4.78, 5) is 2.62. The topological polar surface area (TPSA) is 35.5 Å². The first-order chi connectivity index (χ1) is 12.2. The molecule has 2 N–H and O–H groups in total. The highest BCUT2D eigenvalue weighted by Crippen LogP contribution is 2.21. The highest BCUT2D eigenvalue weighted by atomic mass is 35.5. The number of nitrogens with zero attached hydrogens (tertiary/aromatic N) is 1. The molecule has 1 aliphatic rings. The van der Waals surface area contributed by atoms with Crippen LogP contribution in [-0.4, -0.2) is 42.2 Å². The van der Waals surface area contributed by atoms with Crippen molar-refractivity contribution in [3.63, 3.8) is 0 Å². The van der Waals surface area contributed by atoms with E-state index in [1.54, 1.807) is 0 Å². The lowest BCUT2D eigenvalue weighted by molar-refractivity contribution is 0.119. The molecule has 0 saturated carbocycles. The van der Waals surface area contributed by atoms with E-state index in [9.17, 15) is 5.11 Å². The Morgan fingerprint density at radius 2 is 1.59 bits per heavy atom. The summed E-state index contributed by atoms with van der Waals surface area (Å²) >= 11 is 0. The number of likely N-dealkylation sites (tertiary alicyclic amines) is 1. The summed E-state index contributed by atoms with van der Waals surface area (Å²) in [5.41, 5.74) is 1.02. The van der Waals surface area contributed by atoms with Gasteiger partial charge in [0.05, 0.1) is 6.10 Å². The Morgan fingerprint density at radius 1 is 0.963 bits per heavy atom. The van der Waals surface area contributed by atoms with Gasteiger partial charge in [-0.2, -0.15) is 0 Å². The SMILES string of the molecule is CC(C)CC[C@H](NCCCN1CCCCCC1)[C@H](O)c1ccccc1.Cl.Cl. The van der Waals surface area contributed by atoms with Crippen LogP contribution in [0.5, 0.6) is 0 Å². The third-order valence-electron chi connectivity index (χ3n) is 5.33. The van der Waals surface area contributed by atoms with Gasteiger partial charge in [-0.05, 0) is 69.8 Å². The van der Waals surface area contributed by atoms with Crippen LogP contribution in [0.15, 0.2) is 30.3 Å². The summed E-state index contributed by atoms with van der Waals surface area (Å²) in [5.74, 6) is 0.671. The Morgan fingerprint density at radius 3 is 2.19 bits per heavy atom. The first kappa shape index (κ1) is 26.7. The predicted molar refractivity (Wildman–Crippen MR) is 121 cm³/mol. The fourth-order valence-electron chi connectivity index (χ4n) is 3.72. The minimum Gasteiger partial charge on any atom is -0.387 e. The van der Waals surface area contributed by atoms with Gasteiger partial charge >= 0.3 is 0 Å². The second-order valence-electron chi connectivity index (χ2n) is 8.00. The van der Waals surface area contributed by atoms with Crippen LogP contribution in [-0.2, 0) is 0 Å². The van der Waals surface area contributed by atoms with Gasteiger partial charge in [-0.3, -0.25) is 0 Å². The van der Waals surface area contributed by atoms with E-state index in [-0.39, 0.29) is 30.9 Å². The molecule has 1 saturated heterocycles. The summed E-state index contributed by atoms with van der Waals surface area (Å²) in [6.07, 6.45) is 8.43. The molecule has 3 nitrogen and oxygen atoms in total. The Bertz CT molecular complexity index is 451. The second-order valence-corrected chi connectivity index (χ2v) is 8.00. The number of hydrogen-bond donors (Lipinski definition) is 2. The van der Waals surface area contributed by atoms with E-state index in [2.05, 4.69) is 24.1 Å². The van der Waals surface area contributed by atoms with E-state index >= 15 is 0 Å². The van der Waals surface area contributed by atoms with Gasteiger partial charge in [0.15, 0.2) is 0 Å². The van der Waals surface area contributed by atoms with Crippen LogP contribution in [0.25, 0.3) is 0 Å². The van der Waals surface area contributed by atoms with E-state index in [0.717, 1.165) is 24.9 Å². The average molecular weight is 419 g/mol. The van der Waals surface area contributed by atoms with Crippen LogP contribution in [0.4, 0.5) is 0 Å². The van der Waals surface area contributed by atoms with Crippen molar-refractivity contribution in [1.29, 1.82) is 0 Å². The summed E-state index contributed by atoms with van der Waals surface area (Å²) in [5, 5.41) is 14.5. The zero-order valence-electron chi connectivity index (χ0n) is 17.1. The molecule has 0 radical (unpaired) electrons. The highest BCUT2D eigenvalue weighted by molar-refractivity contribution is 5.85. The molecule has 2 rings (SSSR count). The third-order valence-corrected chi connectivity index (χ3v) is 5.33. The molecule has 0 bridgehead atoms. The van der Waals surface area contributed by atoms with Crippen LogP contribution >= 0.6 is 24.8 Å². The molecule has 158 valence electrons. The lowest BCUT2D eigenvalue weighted by Gasteiger charge is -2.26. The first-order valence-electron chi connectivity index (χ1n) is 10.4. The van der Waals surface area contributed by atoms with Crippen LogP contribution < -0.4 is 5.32 Å². The molecule has 0 aliphatic carbocycles. The molecule has 0 unspecified atom stereocenters. The van der Waals surface area contributed by atoms with E-state index in [4.69, 9.17) is 0 Å². The van der Waals surface area contributed by atoms with Crippen molar-refractivity contribution in [2.24, 2.45) is 5.92 Å².